The number of nitrogens with zero attached hydrogens (tertiary/aromatic N) is 1. The van der Waals surface area contributed by atoms with Crippen molar-refractivity contribution in [2.75, 3.05) is 19.8 Å². The van der Waals surface area contributed by atoms with Crippen LogP contribution in [0.1, 0.15) is 17.4 Å². The van der Waals surface area contributed by atoms with E-state index >= 15 is 0 Å². The Morgan fingerprint density at radius 1 is 1.21 bits per heavy atom. The lowest BCUT2D eigenvalue weighted by Crippen LogP contribution is -2.23. The predicted molar refractivity (Wildman–Crippen MR) is 100 cm³/mol. The number of nitrogens with one attached hydrogen (secondary N) is 1. The Morgan fingerprint density at radius 3 is 2.61 bits per heavy atom. The Labute approximate surface area is 160 Å². The Balaban J connectivity index is 2.10. The number of alkyl halides is 1. The highest BCUT2D eigenvalue weighted by Crippen LogP contribution is 2.40. The van der Waals surface area contributed by atoms with Gasteiger partial charge in [-0.1, -0.05) is 17.3 Å². The van der Waals surface area contributed by atoms with E-state index in [2.05, 4.69) is 10.5 Å². The van der Waals surface area contributed by atoms with Gasteiger partial charge in [0.2, 0.25) is 0 Å². The minimum absolute atomic E-state index is 0.0522. The maximum atomic E-state index is 12.4. The molecule has 0 aliphatic heterocycles. The van der Waals surface area contributed by atoms with Gasteiger partial charge in [0.15, 0.2) is 11.5 Å². The lowest BCUT2D eigenvalue weighted by Gasteiger charge is -2.08. The van der Waals surface area contributed by atoms with Gasteiger partial charge in [0.1, 0.15) is 30.5 Å². The molecule has 3 aromatic rings. The van der Waals surface area contributed by atoms with Crippen LogP contribution in [-0.2, 0) is 0 Å². The number of aromatic hydroxyl groups is 2. The first-order chi connectivity index (χ1) is 13.5. The molecule has 0 saturated carbocycles. The van der Waals surface area contributed by atoms with Gasteiger partial charge in [0, 0.05) is 12.6 Å². The average Bonchev–Trinajstić information content (AvgIpc) is 3.12. The van der Waals surface area contributed by atoms with Crippen LogP contribution in [0.4, 0.5) is 4.39 Å². The number of hydrogen-bond acceptors (Lipinski definition) is 6. The van der Waals surface area contributed by atoms with E-state index in [9.17, 15) is 19.4 Å². The summed E-state index contributed by atoms with van der Waals surface area (Å²) < 4.78 is 22.9. The van der Waals surface area contributed by atoms with Crippen LogP contribution >= 0.6 is 0 Å². The number of phenolic OH excluding ortho intramolecular Hbond substituents is 2. The zero-order chi connectivity index (χ0) is 20.1. The third-order valence-corrected chi connectivity index (χ3v) is 3.96. The number of carbonyl (C=O) groups excluding carboxylic acids is 1. The zero-order valence-corrected chi connectivity index (χ0v) is 15.1. The Morgan fingerprint density at radius 2 is 1.96 bits per heavy atom. The van der Waals surface area contributed by atoms with Gasteiger partial charge in [-0.15, -0.1) is 0 Å². The van der Waals surface area contributed by atoms with Crippen LogP contribution in [0.5, 0.6) is 17.2 Å². The van der Waals surface area contributed by atoms with Crippen LogP contribution < -0.4 is 10.1 Å². The molecule has 0 saturated heterocycles. The number of ether oxygens (including phenoxy) is 1. The summed E-state index contributed by atoms with van der Waals surface area (Å²) in [5, 5.41) is 26.3. The fourth-order valence-corrected chi connectivity index (χ4v) is 2.73. The molecule has 1 aromatic heterocycles. The molecule has 0 unspecified atom stereocenters. The largest absolute Gasteiger partial charge is 0.508 e. The second kappa shape index (κ2) is 8.43. The van der Waals surface area contributed by atoms with Gasteiger partial charge in [0.05, 0.1) is 11.1 Å². The number of aromatic nitrogens is 1. The van der Waals surface area contributed by atoms with E-state index in [0.29, 0.717) is 23.4 Å². The topological polar surface area (TPSA) is 105 Å². The predicted octanol–water partition coefficient (Wildman–Crippen LogP) is 3.52. The van der Waals surface area contributed by atoms with E-state index in [1.54, 1.807) is 31.2 Å². The first-order valence-electron chi connectivity index (χ1n) is 8.64. The van der Waals surface area contributed by atoms with E-state index in [1.165, 1.54) is 18.2 Å². The van der Waals surface area contributed by atoms with E-state index in [4.69, 9.17) is 9.26 Å². The second-order valence-electron chi connectivity index (χ2n) is 5.86. The first kappa shape index (κ1) is 19.2. The molecule has 1 heterocycles. The Bertz CT molecular complexity index is 969. The zero-order valence-electron chi connectivity index (χ0n) is 15.1. The van der Waals surface area contributed by atoms with Gasteiger partial charge in [-0.05, 0) is 36.8 Å². The Kier molecular flexibility index (Phi) is 5.78. The lowest BCUT2D eigenvalue weighted by atomic mass is 9.98. The van der Waals surface area contributed by atoms with Crippen LogP contribution in [0.2, 0.25) is 0 Å². The van der Waals surface area contributed by atoms with E-state index in [0.717, 1.165) is 0 Å². The normalized spacial score (nSPS) is 10.6. The molecule has 0 aliphatic carbocycles. The quantitative estimate of drug-likeness (QED) is 0.575. The highest BCUT2D eigenvalue weighted by molar-refractivity contribution is 6.02. The van der Waals surface area contributed by atoms with Crippen LogP contribution in [0.3, 0.4) is 0 Å². The SMILES string of the molecule is CCNC(=O)c1noc(-c2ccc(O)cc2O)c1-c1ccc(OCC[18F])cc1. The highest BCUT2D eigenvalue weighted by Gasteiger charge is 2.25. The lowest BCUT2D eigenvalue weighted by molar-refractivity contribution is 0.0947. The summed E-state index contributed by atoms with van der Waals surface area (Å²) in [5.41, 5.74) is 1.30. The van der Waals surface area contributed by atoms with Crippen molar-refractivity contribution in [1.29, 1.82) is 0 Å². The molecule has 8 heteroatoms. The number of hydrogen-bond donors (Lipinski definition) is 3. The van der Waals surface area contributed by atoms with Gasteiger partial charge in [-0.25, -0.2) is 4.39 Å². The molecular formula is C20H19FN2O5. The molecule has 146 valence electrons. The van der Waals surface area contributed by atoms with Crippen molar-refractivity contribution in [3.8, 4) is 39.7 Å². The summed E-state index contributed by atoms with van der Waals surface area (Å²) in [7, 11) is 0. The third-order valence-electron chi connectivity index (χ3n) is 3.96. The van der Waals surface area contributed by atoms with E-state index < -0.39 is 12.6 Å². The standard InChI is InChI=1S/C20H19FN2O5/c1-2-22-20(26)18-17(12-3-6-14(7-4-12)27-10-9-21)19(28-23-18)15-8-5-13(24)11-16(15)25/h3-8,11,24-25H,2,9-10H2,1H3,(H,22,26)/i21-1. The van der Waals surface area contributed by atoms with Crippen molar-refractivity contribution in [2.24, 2.45) is 0 Å². The van der Waals surface area contributed by atoms with Gasteiger partial charge < -0.3 is 24.8 Å². The molecule has 1 amide bonds. The number of rotatable bonds is 7. The summed E-state index contributed by atoms with van der Waals surface area (Å²) in [6.45, 7) is 1.53. The van der Waals surface area contributed by atoms with Gasteiger partial charge >= 0.3 is 0 Å². The number of phenols is 2. The molecule has 7 nitrogen and oxygen atoms in total. The average molecular weight is 385 g/mol. The number of carbonyl (C=O) groups is 1. The highest BCUT2D eigenvalue weighted by atomic mass is 18.2. The minimum Gasteiger partial charge on any atom is -0.508 e. The van der Waals surface area contributed by atoms with Crippen LogP contribution in [0.15, 0.2) is 47.0 Å². The van der Waals surface area contributed by atoms with Crippen LogP contribution in [-0.4, -0.2) is 41.1 Å². The number of halogens is 1. The number of benzene rings is 2. The molecule has 0 radical (unpaired) electrons. The fraction of sp³-hybridized carbons (Fsp3) is 0.200. The molecule has 28 heavy (non-hydrogen) atoms. The number of amides is 1. The van der Waals surface area contributed by atoms with Crippen LogP contribution in [0, 0.1) is 0 Å². The van der Waals surface area contributed by atoms with E-state index in [1.807, 2.05) is 0 Å². The molecule has 0 aliphatic rings. The molecular weight excluding hydrogens is 366 g/mol. The van der Waals surface area contributed by atoms with Gasteiger partial charge in [-0.2, -0.15) is 0 Å². The van der Waals surface area contributed by atoms with E-state index in [-0.39, 0.29) is 35.1 Å². The monoisotopic (exact) mass is 385 g/mol. The van der Waals surface area contributed by atoms with Crippen LogP contribution in [0.25, 0.3) is 22.5 Å². The van der Waals surface area contributed by atoms with Gasteiger partial charge in [0.25, 0.3) is 5.91 Å². The van der Waals surface area contributed by atoms with Crippen molar-refractivity contribution in [2.45, 2.75) is 6.92 Å². The van der Waals surface area contributed by atoms with Crippen molar-refractivity contribution in [3.05, 3.63) is 48.2 Å². The maximum Gasteiger partial charge on any atom is 0.274 e. The summed E-state index contributed by atoms with van der Waals surface area (Å²) in [4.78, 5) is 12.4. The van der Waals surface area contributed by atoms with Crippen molar-refractivity contribution in [1.82, 2.24) is 10.5 Å². The summed E-state index contributed by atoms with van der Waals surface area (Å²) in [5.74, 6) is -0.102. The molecule has 0 spiro atoms. The smallest absolute Gasteiger partial charge is 0.274 e. The van der Waals surface area contributed by atoms with Crippen molar-refractivity contribution in [3.63, 3.8) is 0 Å². The van der Waals surface area contributed by atoms with Crippen molar-refractivity contribution >= 4 is 5.91 Å². The van der Waals surface area contributed by atoms with Crippen molar-refractivity contribution < 1.29 is 28.7 Å². The minimum atomic E-state index is -0.598. The second-order valence-corrected chi connectivity index (χ2v) is 5.86. The molecule has 0 bridgehead atoms. The first-order valence-corrected chi connectivity index (χ1v) is 8.64. The summed E-state index contributed by atoms with van der Waals surface area (Å²) >= 11 is 0. The molecule has 3 rings (SSSR count). The summed E-state index contributed by atoms with van der Waals surface area (Å²) in [6.07, 6.45) is 0. The molecule has 0 fully saturated rings. The Hall–Kier alpha value is -3.55. The third kappa shape index (κ3) is 3.90. The van der Waals surface area contributed by atoms with Gasteiger partial charge in [-0.3, -0.25) is 4.79 Å². The molecule has 0 atom stereocenters. The molecule has 2 aromatic carbocycles. The maximum absolute atomic E-state index is 12.4. The fourth-order valence-electron chi connectivity index (χ4n) is 2.73. The summed E-state index contributed by atoms with van der Waals surface area (Å²) in [6, 6.07) is 10.7. The molecule has 3 N–H and O–H groups in total.